The third-order valence-corrected chi connectivity index (χ3v) is 2.31. The van der Waals surface area contributed by atoms with Gasteiger partial charge in [-0.25, -0.2) is 0 Å². The summed E-state index contributed by atoms with van der Waals surface area (Å²) >= 11 is 0. The van der Waals surface area contributed by atoms with E-state index in [-0.39, 0.29) is 6.42 Å². The number of aliphatic carboxylic acids is 1. The average molecular weight is 189 g/mol. The van der Waals surface area contributed by atoms with E-state index in [4.69, 9.17) is 5.11 Å². The van der Waals surface area contributed by atoms with Gasteiger partial charge in [0.1, 0.15) is 0 Å². The third-order valence-electron chi connectivity index (χ3n) is 2.31. The van der Waals surface area contributed by atoms with E-state index in [1.807, 2.05) is 24.3 Å². The van der Waals surface area contributed by atoms with Crippen LogP contribution in [-0.2, 0) is 11.2 Å². The normalized spacial score (nSPS) is 14.4. The number of benzene rings is 1. The molecule has 1 heterocycles. The Bertz CT molecular complexity index is 396. The van der Waals surface area contributed by atoms with Crippen LogP contribution in [0.15, 0.2) is 29.3 Å². The first kappa shape index (κ1) is 8.94. The Morgan fingerprint density at radius 3 is 2.93 bits per heavy atom. The van der Waals surface area contributed by atoms with Crippen LogP contribution >= 0.6 is 0 Å². The van der Waals surface area contributed by atoms with Gasteiger partial charge in [-0.3, -0.25) is 9.79 Å². The van der Waals surface area contributed by atoms with Gasteiger partial charge in [-0.05, 0) is 24.5 Å². The van der Waals surface area contributed by atoms with Crippen LogP contribution in [0.4, 0.5) is 5.69 Å². The van der Waals surface area contributed by atoms with Crippen LogP contribution in [0.3, 0.4) is 0 Å². The number of nitrogens with zero attached hydrogens (tertiary/aromatic N) is 1. The smallest absolute Gasteiger partial charge is 0.309 e. The van der Waals surface area contributed by atoms with Crippen molar-refractivity contribution in [3.05, 3.63) is 29.8 Å². The standard InChI is InChI=1S/C11H11NO2/c13-11(14)7-9-6-5-8-3-1-2-4-10(8)12-9/h1-4H,5-7H2,(H,13,14). The summed E-state index contributed by atoms with van der Waals surface area (Å²) < 4.78 is 0. The Hall–Kier alpha value is -1.64. The zero-order chi connectivity index (χ0) is 9.97. The lowest BCUT2D eigenvalue weighted by Crippen LogP contribution is -2.10. The summed E-state index contributed by atoms with van der Waals surface area (Å²) in [5.41, 5.74) is 2.91. The largest absolute Gasteiger partial charge is 0.481 e. The van der Waals surface area contributed by atoms with Gasteiger partial charge in [0.2, 0.25) is 0 Å². The lowest BCUT2D eigenvalue weighted by molar-refractivity contribution is -0.135. The molecule has 0 fully saturated rings. The van der Waals surface area contributed by atoms with E-state index >= 15 is 0 Å². The van der Waals surface area contributed by atoms with Gasteiger partial charge >= 0.3 is 5.97 Å². The molecular formula is C11H11NO2. The molecule has 3 heteroatoms. The summed E-state index contributed by atoms with van der Waals surface area (Å²) in [6, 6.07) is 7.87. The SMILES string of the molecule is O=C(O)CC1=Nc2ccccc2CC1. The minimum atomic E-state index is -0.803. The summed E-state index contributed by atoms with van der Waals surface area (Å²) in [6.45, 7) is 0. The molecule has 0 aromatic heterocycles. The highest BCUT2D eigenvalue weighted by atomic mass is 16.4. The van der Waals surface area contributed by atoms with Gasteiger partial charge in [-0.1, -0.05) is 18.2 Å². The lowest BCUT2D eigenvalue weighted by atomic mass is 10.0. The van der Waals surface area contributed by atoms with Gasteiger partial charge in [0.15, 0.2) is 0 Å². The number of hydrogen-bond acceptors (Lipinski definition) is 2. The van der Waals surface area contributed by atoms with Crippen molar-refractivity contribution in [1.29, 1.82) is 0 Å². The van der Waals surface area contributed by atoms with Crippen molar-refractivity contribution in [1.82, 2.24) is 0 Å². The van der Waals surface area contributed by atoms with Gasteiger partial charge in [0.05, 0.1) is 12.1 Å². The summed E-state index contributed by atoms with van der Waals surface area (Å²) in [6.07, 6.45) is 1.74. The molecule has 72 valence electrons. The van der Waals surface area contributed by atoms with E-state index in [9.17, 15) is 4.79 Å². The van der Waals surface area contributed by atoms with E-state index in [1.165, 1.54) is 5.56 Å². The number of carboxylic acid groups (broad SMARTS) is 1. The van der Waals surface area contributed by atoms with Crippen molar-refractivity contribution in [3.8, 4) is 0 Å². The number of hydrogen-bond donors (Lipinski definition) is 1. The Kier molecular flexibility index (Phi) is 2.31. The highest BCUT2D eigenvalue weighted by molar-refractivity contribution is 6.00. The fourth-order valence-electron chi connectivity index (χ4n) is 1.64. The topological polar surface area (TPSA) is 49.7 Å². The Balaban J connectivity index is 2.26. The van der Waals surface area contributed by atoms with Crippen LogP contribution < -0.4 is 0 Å². The highest BCUT2D eigenvalue weighted by Gasteiger charge is 2.13. The van der Waals surface area contributed by atoms with Crippen LogP contribution in [0.5, 0.6) is 0 Å². The monoisotopic (exact) mass is 189 g/mol. The van der Waals surface area contributed by atoms with Crippen molar-refractivity contribution in [2.75, 3.05) is 0 Å². The van der Waals surface area contributed by atoms with Gasteiger partial charge in [-0.15, -0.1) is 0 Å². The maximum absolute atomic E-state index is 10.5. The number of carboxylic acids is 1. The van der Waals surface area contributed by atoms with E-state index in [0.717, 1.165) is 24.2 Å². The quantitative estimate of drug-likeness (QED) is 0.775. The molecule has 0 atom stereocenters. The fourth-order valence-corrected chi connectivity index (χ4v) is 1.64. The van der Waals surface area contributed by atoms with Gasteiger partial charge in [0.25, 0.3) is 0 Å². The van der Waals surface area contributed by atoms with Crippen molar-refractivity contribution < 1.29 is 9.90 Å². The molecule has 0 amide bonds. The summed E-state index contributed by atoms with van der Waals surface area (Å²) in [4.78, 5) is 14.8. The van der Waals surface area contributed by atoms with E-state index in [2.05, 4.69) is 4.99 Å². The molecule has 0 radical (unpaired) electrons. The molecule has 0 saturated carbocycles. The molecule has 1 aromatic carbocycles. The van der Waals surface area contributed by atoms with Crippen LogP contribution in [0, 0.1) is 0 Å². The van der Waals surface area contributed by atoms with Gasteiger partial charge in [0, 0.05) is 5.71 Å². The maximum atomic E-state index is 10.5. The Morgan fingerprint density at radius 1 is 1.36 bits per heavy atom. The Morgan fingerprint density at radius 2 is 2.14 bits per heavy atom. The summed E-state index contributed by atoms with van der Waals surface area (Å²) in [7, 11) is 0. The highest BCUT2D eigenvalue weighted by Crippen LogP contribution is 2.25. The first-order chi connectivity index (χ1) is 6.75. The van der Waals surface area contributed by atoms with Crippen LogP contribution in [-0.4, -0.2) is 16.8 Å². The van der Waals surface area contributed by atoms with Crippen molar-refractivity contribution >= 4 is 17.4 Å². The molecule has 0 bridgehead atoms. The molecular weight excluding hydrogens is 178 g/mol. The second-order valence-corrected chi connectivity index (χ2v) is 3.38. The number of aryl methyl sites for hydroxylation is 1. The van der Waals surface area contributed by atoms with Crippen molar-refractivity contribution in [2.24, 2.45) is 4.99 Å². The number of para-hydroxylation sites is 1. The first-order valence-corrected chi connectivity index (χ1v) is 4.62. The number of rotatable bonds is 2. The molecule has 14 heavy (non-hydrogen) atoms. The minimum Gasteiger partial charge on any atom is -0.481 e. The van der Waals surface area contributed by atoms with Crippen LogP contribution in [0.25, 0.3) is 0 Å². The average Bonchev–Trinajstić information content (AvgIpc) is 2.17. The number of fused-ring (bicyclic) bond motifs is 1. The van der Waals surface area contributed by atoms with Crippen LogP contribution in [0.2, 0.25) is 0 Å². The maximum Gasteiger partial charge on any atom is 0.309 e. The molecule has 0 saturated heterocycles. The number of aliphatic imine (C=N–C) groups is 1. The summed E-state index contributed by atoms with van der Waals surface area (Å²) in [5.74, 6) is -0.803. The molecule has 3 nitrogen and oxygen atoms in total. The molecule has 2 rings (SSSR count). The zero-order valence-electron chi connectivity index (χ0n) is 7.73. The second kappa shape index (κ2) is 3.62. The summed E-state index contributed by atoms with van der Waals surface area (Å²) in [5, 5.41) is 8.63. The van der Waals surface area contributed by atoms with Crippen molar-refractivity contribution in [2.45, 2.75) is 19.3 Å². The lowest BCUT2D eigenvalue weighted by Gasteiger charge is -2.13. The number of carbonyl (C=O) groups is 1. The van der Waals surface area contributed by atoms with Gasteiger partial charge in [-0.2, -0.15) is 0 Å². The van der Waals surface area contributed by atoms with E-state index in [0.29, 0.717) is 0 Å². The van der Waals surface area contributed by atoms with E-state index in [1.54, 1.807) is 0 Å². The third kappa shape index (κ3) is 1.82. The Labute approximate surface area is 82.1 Å². The molecule has 0 unspecified atom stereocenters. The molecule has 0 spiro atoms. The molecule has 1 aliphatic rings. The zero-order valence-corrected chi connectivity index (χ0v) is 7.73. The van der Waals surface area contributed by atoms with Crippen molar-refractivity contribution in [3.63, 3.8) is 0 Å². The minimum absolute atomic E-state index is 0.0638. The molecule has 0 aliphatic carbocycles. The second-order valence-electron chi connectivity index (χ2n) is 3.38. The predicted octanol–water partition coefficient (Wildman–Crippen LogP) is 2.18. The van der Waals surface area contributed by atoms with Crippen LogP contribution in [0.1, 0.15) is 18.4 Å². The molecule has 1 aliphatic heterocycles. The van der Waals surface area contributed by atoms with E-state index < -0.39 is 5.97 Å². The molecule has 1 aromatic rings. The first-order valence-electron chi connectivity index (χ1n) is 4.62. The molecule has 1 N–H and O–H groups in total. The van der Waals surface area contributed by atoms with Gasteiger partial charge < -0.3 is 5.11 Å². The predicted molar refractivity (Wildman–Crippen MR) is 54.1 cm³/mol. The fraction of sp³-hybridized carbons (Fsp3) is 0.273.